The first kappa shape index (κ1) is 9.36. The Bertz CT molecular complexity index is 235. The van der Waals surface area contributed by atoms with Crippen LogP contribution < -0.4 is 4.90 Å². The Morgan fingerprint density at radius 2 is 1.92 bits per heavy atom. The van der Waals surface area contributed by atoms with E-state index < -0.39 is 0 Å². The van der Waals surface area contributed by atoms with Gasteiger partial charge in [0.05, 0.1) is 0 Å². The first-order valence-electron chi connectivity index (χ1n) is 3.69. The highest BCUT2D eigenvalue weighted by atomic mass is 35.5. The van der Waals surface area contributed by atoms with Gasteiger partial charge in [0, 0.05) is 24.9 Å². The SMILES string of the molecule is COCN(C)c1ccc(Cl)cc1. The van der Waals surface area contributed by atoms with Crippen LogP contribution in [0.3, 0.4) is 0 Å². The Morgan fingerprint density at radius 1 is 1.33 bits per heavy atom. The Balaban J connectivity index is 2.68. The summed E-state index contributed by atoms with van der Waals surface area (Å²) in [6, 6.07) is 7.65. The predicted molar refractivity (Wildman–Crippen MR) is 51.7 cm³/mol. The summed E-state index contributed by atoms with van der Waals surface area (Å²) in [6.07, 6.45) is 0. The van der Waals surface area contributed by atoms with Crippen molar-refractivity contribution >= 4 is 17.3 Å². The molecule has 0 amide bonds. The van der Waals surface area contributed by atoms with Gasteiger partial charge in [0.2, 0.25) is 0 Å². The summed E-state index contributed by atoms with van der Waals surface area (Å²) in [7, 11) is 3.64. The molecule has 1 rings (SSSR count). The maximum Gasteiger partial charge on any atom is 0.118 e. The van der Waals surface area contributed by atoms with Crippen LogP contribution in [-0.2, 0) is 4.74 Å². The molecule has 2 nitrogen and oxygen atoms in total. The van der Waals surface area contributed by atoms with Gasteiger partial charge in [-0.1, -0.05) is 11.6 Å². The summed E-state index contributed by atoms with van der Waals surface area (Å²) in [5.41, 5.74) is 1.10. The molecule has 0 bridgehead atoms. The summed E-state index contributed by atoms with van der Waals surface area (Å²) in [4.78, 5) is 2.00. The smallest absolute Gasteiger partial charge is 0.118 e. The third kappa shape index (κ3) is 2.40. The highest BCUT2D eigenvalue weighted by molar-refractivity contribution is 6.30. The van der Waals surface area contributed by atoms with Crippen LogP contribution in [-0.4, -0.2) is 20.9 Å². The van der Waals surface area contributed by atoms with Crippen LogP contribution in [0, 0.1) is 0 Å². The zero-order valence-electron chi connectivity index (χ0n) is 7.25. The lowest BCUT2D eigenvalue weighted by Gasteiger charge is -2.17. The topological polar surface area (TPSA) is 12.5 Å². The lowest BCUT2D eigenvalue weighted by atomic mass is 10.3. The number of halogens is 1. The molecule has 0 saturated carbocycles. The Labute approximate surface area is 77.7 Å². The molecule has 66 valence electrons. The lowest BCUT2D eigenvalue weighted by molar-refractivity contribution is 0.202. The normalized spacial score (nSPS) is 9.92. The fourth-order valence-electron chi connectivity index (χ4n) is 0.964. The summed E-state index contributed by atoms with van der Waals surface area (Å²) in [6.45, 7) is 0.585. The van der Waals surface area contributed by atoms with E-state index in [0.717, 1.165) is 10.7 Å². The van der Waals surface area contributed by atoms with Crippen molar-refractivity contribution < 1.29 is 4.74 Å². The minimum Gasteiger partial charge on any atom is -0.364 e. The Hall–Kier alpha value is -0.730. The molecule has 0 aromatic heterocycles. The quantitative estimate of drug-likeness (QED) is 0.671. The molecule has 0 aliphatic rings. The molecule has 0 radical (unpaired) electrons. The first-order chi connectivity index (χ1) is 5.74. The van der Waals surface area contributed by atoms with E-state index >= 15 is 0 Å². The molecule has 0 N–H and O–H groups in total. The third-order valence-electron chi connectivity index (χ3n) is 1.59. The fraction of sp³-hybridized carbons (Fsp3) is 0.333. The van der Waals surface area contributed by atoms with Crippen molar-refractivity contribution in [2.24, 2.45) is 0 Å². The molecule has 0 aliphatic heterocycles. The lowest BCUT2D eigenvalue weighted by Crippen LogP contribution is -2.19. The number of benzene rings is 1. The second-order valence-electron chi connectivity index (χ2n) is 2.59. The number of methoxy groups -OCH3 is 1. The number of anilines is 1. The molecule has 0 saturated heterocycles. The van der Waals surface area contributed by atoms with E-state index in [1.807, 2.05) is 36.2 Å². The van der Waals surface area contributed by atoms with E-state index in [1.165, 1.54) is 0 Å². The van der Waals surface area contributed by atoms with Gasteiger partial charge in [-0.25, -0.2) is 0 Å². The van der Waals surface area contributed by atoms with Crippen LogP contribution in [0.2, 0.25) is 5.02 Å². The van der Waals surface area contributed by atoms with Gasteiger partial charge in [0.15, 0.2) is 0 Å². The van der Waals surface area contributed by atoms with Gasteiger partial charge in [-0.05, 0) is 24.3 Å². The maximum atomic E-state index is 5.74. The zero-order chi connectivity index (χ0) is 8.97. The predicted octanol–water partition coefficient (Wildman–Crippen LogP) is 2.38. The van der Waals surface area contributed by atoms with Gasteiger partial charge in [-0.3, -0.25) is 0 Å². The summed E-state index contributed by atoms with van der Waals surface area (Å²) < 4.78 is 4.98. The van der Waals surface area contributed by atoms with Gasteiger partial charge >= 0.3 is 0 Å². The molecule has 3 heteroatoms. The minimum absolute atomic E-state index is 0.585. The molecular formula is C9H12ClNO. The van der Waals surface area contributed by atoms with Crippen LogP contribution in [0.5, 0.6) is 0 Å². The van der Waals surface area contributed by atoms with E-state index in [9.17, 15) is 0 Å². The molecule has 12 heavy (non-hydrogen) atoms. The second kappa shape index (κ2) is 4.33. The van der Waals surface area contributed by atoms with Crippen LogP contribution in [0.25, 0.3) is 0 Å². The average Bonchev–Trinajstić information content (AvgIpc) is 2.06. The molecule has 0 aliphatic carbocycles. The van der Waals surface area contributed by atoms with Crippen LogP contribution >= 0.6 is 11.6 Å². The van der Waals surface area contributed by atoms with Crippen molar-refractivity contribution in [2.75, 3.05) is 25.8 Å². The van der Waals surface area contributed by atoms with E-state index in [4.69, 9.17) is 16.3 Å². The zero-order valence-corrected chi connectivity index (χ0v) is 8.01. The third-order valence-corrected chi connectivity index (χ3v) is 1.84. The largest absolute Gasteiger partial charge is 0.364 e. The average molecular weight is 186 g/mol. The minimum atomic E-state index is 0.585. The van der Waals surface area contributed by atoms with Gasteiger partial charge in [0.1, 0.15) is 6.73 Å². The standard InChI is InChI=1S/C9H12ClNO/c1-11(7-12-2)9-5-3-8(10)4-6-9/h3-6H,7H2,1-2H3. The molecule has 0 unspecified atom stereocenters. The second-order valence-corrected chi connectivity index (χ2v) is 3.03. The van der Waals surface area contributed by atoms with Gasteiger partial charge < -0.3 is 9.64 Å². The molecule has 1 aromatic carbocycles. The van der Waals surface area contributed by atoms with Crippen molar-refractivity contribution in [3.05, 3.63) is 29.3 Å². The molecular weight excluding hydrogens is 174 g/mol. The van der Waals surface area contributed by atoms with Gasteiger partial charge in [-0.15, -0.1) is 0 Å². The van der Waals surface area contributed by atoms with Crippen molar-refractivity contribution in [3.63, 3.8) is 0 Å². The van der Waals surface area contributed by atoms with Crippen molar-refractivity contribution in [2.45, 2.75) is 0 Å². The molecule has 1 aromatic rings. The highest BCUT2D eigenvalue weighted by Gasteiger charge is 1.97. The van der Waals surface area contributed by atoms with Crippen molar-refractivity contribution in [3.8, 4) is 0 Å². The number of hydrogen-bond donors (Lipinski definition) is 0. The molecule has 0 spiro atoms. The Kier molecular flexibility index (Phi) is 3.38. The first-order valence-corrected chi connectivity index (χ1v) is 4.07. The van der Waals surface area contributed by atoms with Crippen LogP contribution in [0.4, 0.5) is 5.69 Å². The summed E-state index contributed by atoms with van der Waals surface area (Å²) in [5.74, 6) is 0. The van der Waals surface area contributed by atoms with Crippen molar-refractivity contribution in [1.29, 1.82) is 0 Å². The van der Waals surface area contributed by atoms with E-state index in [0.29, 0.717) is 6.73 Å². The van der Waals surface area contributed by atoms with Crippen LogP contribution in [0.1, 0.15) is 0 Å². The number of rotatable bonds is 3. The van der Waals surface area contributed by atoms with E-state index in [-0.39, 0.29) is 0 Å². The van der Waals surface area contributed by atoms with Crippen LogP contribution in [0.15, 0.2) is 24.3 Å². The summed E-state index contributed by atoms with van der Waals surface area (Å²) >= 11 is 5.74. The number of ether oxygens (including phenoxy) is 1. The monoisotopic (exact) mass is 185 g/mol. The molecule has 0 fully saturated rings. The van der Waals surface area contributed by atoms with Gasteiger partial charge in [0.25, 0.3) is 0 Å². The van der Waals surface area contributed by atoms with Gasteiger partial charge in [-0.2, -0.15) is 0 Å². The van der Waals surface area contributed by atoms with Crippen molar-refractivity contribution in [1.82, 2.24) is 0 Å². The fourth-order valence-corrected chi connectivity index (χ4v) is 1.09. The highest BCUT2D eigenvalue weighted by Crippen LogP contribution is 2.16. The summed E-state index contributed by atoms with van der Waals surface area (Å²) in [5, 5.41) is 0.754. The number of hydrogen-bond acceptors (Lipinski definition) is 2. The maximum absolute atomic E-state index is 5.74. The molecule has 0 heterocycles. The Morgan fingerprint density at radius 3 is 2.42 bits per heavy atom. The number of nitrogens with zero attached hydrogens (tertiary/aromatic N) is 1. The molecule has 0 atom stereocenters. The van der Waals surface area contributed by atoms with E-state index in [1.54, 1.807) is 7.11 Å². The van der Waals surface area contributed by atoms with E-state index in [2.05, 4.69) is 0 Å².